The lowest BCUT2D eigenvalue weighted by Crippen LogP contribution is -1.87. The zero-order valence-corrected chi connectivity index (χ0v) is 14.4. The van der Waals surface area contributed by atoms with Crippen LogP contribution in [0, 0.1) is 0 Å². The lowest BCUT2D eigenvalue weighted by atomic mass is 9.97. The molecule has 0 atom stereocenters. The Labute approximate surface area is 154 Å². The van der Waals surface area contributed by atoms with E-state index in [1.54, 1.807) is 0 Å². The molecule has 0 spiro atoms. The highest BCUT2D eigenvalue weighted by Crippen LogP contribution is 2.40. The van der Waals surface area contributed by atoms with Gasteiger partial charge in [0.1, 0.15) is 5.58 Å². The molecule has 3 nitrogen and oxygen atoms in total. The molecule has 0 saturated heterocycles. The molecule has 0 radical (unpaired) electrons. The molecule has 0 fully saturated rings. The summed E-state index contributed by atoms with van der Waals surface area (Å²) in [6, 6.07) is 26.8. The number of aromatic nitrogens is 2. The monoisotopic (exact) mass is 346 g/mol. The first-order valence-electron chi connectivity index (χ1n) is 8.94. The number of fused-ring (bicyclic) bond motifs is 8. The normalized spacial score (nSPS) is 11.7. The predicted octanol–water partition coefficient (Wildman–Crippen LogP) is 6.35. The smallest absolute Gasteiger partial charge is 0.230 e. The van der Waals surface area contributed by atoms with Crippen LogP contribution in [0.25, 0.3) is 55.0 Å². The molecule has 3 heteroatoms. The van der Waals surface area contributed by atoms with Gasteiger partial charge in [0.05, 0.1) is 5.39 Å². The summed E-state index contributed by atoms with van der Waals surface area (Å²) in [6.07, 6.45) is 1.89. The van der Waals surface area contributed by atoms with Crippen LogP contribution < -0.4 is 0 Å². The molecule has 0 aliphatic heterocycles. The molecular formula is C24H14N2O. The number of rotatable bonds is 1. The Morgan fingerprint density at radius 1 is 0.593 bits per heavy atom. The number of furan rings is 1. The molecule has 6 rings (SSSR count). The molecule has 0 unspecified atom stereocenters. The zero-order chi connectivity index (χ0) is 17.8. The molecule has 27 heavy (non-hydrogen) atoms. The van der Waals surface area contributed by atoms with E-state index in [0.29, 0.717) is 11.5 Å². The molecule has 4 aromatic carbocycles. The van der Waals surface area contributed by atoms with Crippen LogP contribution in [0.15, 0.2) is 89.5 Å². The SMILES string of the molecule is c1ccc(-c2ncc3c(n2)oc2c4ccccc4c4ccccc4c32)cc1. The molecule has 126 valence electrons. The van der Waals surface area contributed by atoms with Crippen LogP contribution in [-0.2, 0) is 0 Å². The molecule has 0 saturated carbocycles. The fraction of sp³-hybridized carbons (Fsp3) is 0. The van der Waals surface area contributed by atoms with Crippen LogP contribution >= 0.6 is 0 Å². The number of nitrogens with zero attached hydrogens (tertiary/aromatic N) is 2. The van der Waals surface area contributed by atoms with Gasteiger partial charge in [0, 0.05) is 22.5 Å². The Kier molecular flexibility index (Phi) is 2.88. The minimum atomic E-state index is 0.625. The van der Waals surface area contributed by atoms with Crippen LogP contribution in [0.4, 0.5) is 0 Å². The maximum atomic E-state index is 6.28. The van der Waals surface area contributed by atoms with Crippen molar-refractivity contribution in [3.63, 3.8) is 0 Å². The maximum absolute atomic E-state index is 6.28. The Balaban J connectivity index is 1.79. The highest BCUT2D eigenvalue weighted by atomic mass is 16.3. The van der Waals surface area contributed by atoms with Gasteiger partial charge in [0.25, 0.3) is 0 Å². The molecule has 2 heterocycles. The van der Waals surface area contributed by atoms with Crippen molar-refractivity contribution in [2.45, 2.75) is 0 Å². The summed E-state index contributed by atoms with van der Waals surface area (Å²) < 4.78 is 6.28. The molecule has 0 N–H and O–H groups in total. The molecule has 2 aromatic heterocycles. The van der Waals surface area contributed by atoms with E-state index >= 15 is 0 Å². The number of hydrogen-bond acceptors (Lipinski definition) is 3. The van der Waals surface area contributed by atoms with E-state index in [0.717, 1.165) is 27.3 Å². The third-order valence-electron chi connectivity index (χ3n) is 5.14. The van der Waals surface area contributed by atoms with Gasteiger partial charge in [-0.2, -0.15) is 4.98 Å². The van der Waals surface area contributed by atoms with Crippen molar-refractivity contribution in [1.29, 1.82) is 0 Å². The molecule has 0 bridgehead atoms. The maximum Gasteiger partial charge on any atom is 0.230 e. The second-order valence-electron chi connectivity index (χ2n) is 6.68. The first-order chi connectivity index (χ1) is 13.4. The quantitative estimate of drug-likeness (QED) is 0.326. The van der Waals surface area contributed by atoms with Gasteiger partial charge in [-0.3, -0.25) is 0 Å². The molecular weight excluding hydrogens is 332 g/mol. The topological polar surface area (TPSA) is 38.9 Å². The van der Waals surface area contributed by atoms with E-state index in [-0.39, 0.29) is 0 Å². The average Bonchev–Trinajstić information content (AvgIpc) is 3.14. The first kappa shape index (κ1) is 14.4. The van der Waals surface area contributed by atoms with Crippen LogP contribution in [-0.4, -0.2) is 9.97 Å². The zero-order valence-electron chi connectivity index (χ0n) is 14.4. The van der Waals surface area contributed by atoms with Gasteiger partial charge in [0.2, 0.25) is 5.71 Å². The summed E-state index contributed by atoms with van der Waals surface area (Å²) in [4.78, 5) is 9.33. The third kappa shape index (κ3) is 2.02. The van der Waals surface area contributed by atoms with E-state index in [1.807, 2.05) is 42.6 Å². The van der Waals surface area contributed by atoms with Gasteiger partial charge in [-0.1, -0.05) is 78.9 Å². The van der Waals surface area contributed by atoms with Crippen molar-refractivity contribution >= 4 is 43.6 Å². The average molecular weight is 346 g/mol. The number of hydrogen-bond donors (Lipinski definition) is 0. The van der Waals surface area contributed by atoms with Gasteiger partial charge < -0.3 is 4.42 Å². The minimum absolute atomic E-state index is 0.625. The molecule has 6 aromatic rings. The standard InChI is InChI=1S/C24H14N2O/c1-2-8-15(9-3-1)23-25-14-20-21-18-12-6-4-10-16(18)17-11-5-7-13-19(17)22(21)27-24(20)26-23/h1-14H. The van der Waals surface area contributed by atoms with Crippen molar-refractivity contribution < 1.29 is 4.42 Å². The third-order valence-corrected chi connectivity index (χ3v) is 5.14. The largest absolute Gasteiger partial charge is 0.437 e. The predicted molar refractivity (Wildman–Crippen MR) is 110 cm³/mol. The highest BCUT2D eigenvalue weighted by Gasteiger charge is 2.17. The fourth-order valence-corrected chi connectivity index (χ4v) is 3.92. The lowest BCUT2D eigenvalue weighted by Gasteiger charge is -2.05. The molecule has 0 aliphatic carbocycles. The Morgan fingerprint density at radius 2 is 1.22 bits per heavy atom. The van der Waals surface area contributed by atoms with E-state index in [9.17, 15) is 0 Å². The summed E-state index contributed by atoms with van der Waals surface area (Å²) in [5.41, 5.74) is 2.48. The summed E-state index contributed by atoms with van der Waals surface area (Å²) in [5.74, 6) is 0.677. The van der Waals surface area contributed by atoms with Gasteiger partial charge >= 0.3 is 0 Å². The Hall–Kier alpha value is -3.72. The van der Waals surface area contributed by atoms with E-state index in [2.05, 4.69) is 47.4 Å². The lowest BCUT2D eigenvalue weighted by molar-refractivity contribution is 0.657. The Morgan fingerprint density at radius 3 is 2.00 bits per heavy atom. The van der Waals surface area contributed by atoms with Gasteiger partial charge in [-0.15, -0.1) is 0 Å². The van der Waals surface area contributed by atoms with Crippen LogP contribution in [0.5, 0.6) is 0 Å². The first-order valence-corrected chi connectivity index (χ1v) is 8.94. The second kappa shape index (κ2) is 5.39. The van der Waals surface area contributed by atoms with Crippen molar-refractivity contribution in [1.82, 2.24) is 9.97 Å². The Bertz CT molecular complexity index is 1470. The van der Waals surface area contributed by atoms with E-state index in [1.165, 1.54) is 16.2 Å². The summed E-state index contributed by atoms with van der Waals surface area (Å²) in [6.45, 7) is 0. The minimum Gasteiger partial charge on any atom is -0.437 e. The summed E-state index contributed by atoms with van der Waals surface area (Å²) >= 11 is 0. The molecule has 0 amide bonds. The van der Waals surface area contributed by atoms with Crippen LogP contribution in [0.1, 0.15) is 0 Å². The van der Waals surface area contributed by atoms with Crippen molar-refractivity contribution in [3.05, 3.63) is 85.1 Å². The number of benzene rings is 4. The van der Waals surface area contributed by atoms with Gasteiger partial charge in [-0.05, 0) is 16.2 Å². The molecule has 0 aliphatic rings. The van der Waals surface area contributed by atoms with Crippen molar-refractivity contribution in [3.8, 4) is 11.4 Å². The highest BCUT2D eigenvalue weighted by molar-refractivity contribution is 6.29. The van der Waals surface area contributed by atoms with E-state index in [4.69, 9.17) is 9.40 Å². The van der Waals surface area contributed by atoms with Gasteiger partial charge in [0.15, 0.2) is 5.82 Å². The van der Waals surface area contributed by atoms with Crippen molar-refractivity contribution in [2.75, 3.05) is 0 Å². The summed E-state index contributed by atoms with van der Waals surface area (Å²) in [7, 11) is 0. The van der Waals surface area contributed by atoms with E-state index < -0.39 is 0 Å². The van der Waals surface area contributed by atoms with Gasteiger partial charge in [-0.25, -0.2) is 4.98 Å². The van der Waals surface area contributed by atoms with Crippen LogP contribution in [0.2, 0.25) is 0 Å². The fourth-order valence-electron chi connectivity index (χ4n) is 3.92. The summed E-state index contributed by atoms with van der Waals surface area (Å²) in [5, 5.41) is 6.71. The second-order valence-corrected chi connectivity index (χ2v) is 6.68. The van der Waals surface area contributed by atoms with Crippen LogP contribution in [0.3, 0.4) is 0 Å². The van der Waals surface area contributed by atoms with Crippen molar-refractivity contribution in [2.24, 2.45) is 0 Å².